The van der Waals surface area contributed by atoms with E-state index in [1.54, 1.807) is 55.7 Å². The fraction of sp³-hybridized carbons (Fsp3) is 0.500. The summed E-state index contributed by atoms with van der Waals surface area (Å²) in [4.78, 5) is 61.0. The van der Waals surface area contributed by atoms with Crippen LogP contribution in [-0.2, 0) is 30.4 Å². The van der Waals surface area contributed by atoms with Gasteiger partial charge < -0.3 is 33.4 Å². The van der Waals surface area contributed by atoms with Gasteiger partial charge in [0, 0.05) is 47.8 Å². The predicted molar refractivity (Wildman–Crippen MR) is 221 cm³/mol. The minimum atomic E-state index is -4.99. The Balaban J connectivity index is 0.000000224. The second-order valence-electron chi connectivity index (χ2n) is 18.2. The first kappa shape index (κ1) is 45.2. The number of halogens is 4. The number of hydrogen-bond acceptors (Lipinski definition) is 12. The number of esters is 2. The van der Waals surface area contributed by atoms with E-state index in [-0.39, 0.29) is 71.8 Å². The normalized spacial score (nSPS) is 29.7. The van der Waals surface area contributed by atoms with Crippen molar-refractivity contribution in [3.8, 4) is 17.1 Å². The number of carbonyl (C=O) groups excluding carboxylic acids is 3. The Kier molecular flexibility index (Phi) is 12.1. The molecule has 0 spiro atoms. The fourth-order valence-electron chi connectivity index (χ4n) is 10.0. The number of nitrogens with zero attached hydrogens (tertiary/aromatic N) is 4. The molecule has 1 amide bonds. The summed E-state index contributed by atoms with van der Waals surface area (Å²) in [5.74, 6) is -3.40. The van der Waals surface area contributed by atoms with Crippen LogP contribution in [0.4, 0.5) is 13.2 Å². The maximum absolute atomic E-state index is 13.4. The molecular weight excluding hydrogens is 861 g/mol. The molecule has 8 atom stereocenters. The molecule has 1 aliphatic heterocycles. The number of carbonyl (C=O) groups is 3. The second-order valence-corrected chi connectivity index (χ2v) is 18.5. The van der Waals surface area contributed by atoms with E-state index in [1.165, 1.54) is 29.1 Å². The van der Waals surface area contributed by atoms with Crippen molar-refractivity contribution in [3.05, 3.63) is 106 Å². The van der Waals surface area contributed by atoms with E-state index in [0.717, 1.165) is 25.7 Å². The first-order valence-electron chi connectivity index (χ1n) is 21.2. The monoisotopic (exact) mass is 908 g/mol. The molecule has 5 aliphatic rings. The van der Waals surface area contributed by atoms with Crippen LogP contribution in [0.2, 0.25) is 5.15 Å². The summed E-state index contributed by atoms with van der Waals surface area (Å²) >= 11 is 5.66. The van der Waals surface area contributed by atoms with E-state index >= 15 is 0 Å². The molecule has 2 N–H and O–H groups in total. The molecule has 4 saturated carbocycles. The minimum absolute atomic E-state index is 0.0216. The molecule has 4 aliphatic carbocycles. The van der Waals surface area contributed by atoms with Gasteiger partial charge in [0.05, 0.1) is 30.6 Å². The zero-order valence-corrected chi connectivity index (χ0v) is 36.1. The van der Waals surface area contributed by atoms with Crippen LogP contribution < -0.4 is 15.9 Å². The first-order valence-corrected chi connectivity index (χ1v) is 21.6. The van der Waals surface area contributed by atoms with Crippen LogP contribution in [0.25, 0.3) is 11.3 Å². The van der Waals surface area contributed by atoms with Crippen LogP contribution in [0.1, 0.15) is 82.9 Å². The van der Waals surface area contributed by atoms with Crippen molar-refractivity contribution in [2.45, 2.75) is 102 Å². The van der Waals surface area contributed by atoms with Gasteiger partial charge in [0.2, 0.25) is 0 Å². The Bertz CT molecular complexity index is 2550. The number of aromatic nitrogens is 3. The van der Waals surface area contributed by atoms with Crippen LogP contribution >= 0.6 is 11.6 Å². The maximum Gasteiger partial charge on any atom is 0.473 e. The van der Waals surface area contributed by atoms with Crippen molar-refractivity contribution in [3.63, 3.8) is 0 Å². The molecule has 0 aromatic carbocycles. The Labute approximate surface area is 370 Å². The molecule has 18 heteroatoms. The Morgan fingerprint density at radius 1 is 0.984 bits per heavy atom. The van der Waals surface area contributed by atoms with Gasteiger partial charge in [0.15, 0.2) is 0 Å². The molecular formula is C46H48ClF3N4O10. The van der Waals surface area contributed by atoms with E-state index in [2.05, 4.69) is 21.9 Å². The number of aliphatic hydroxyl groups excluding tert-OH is 2. The zero-order valence-electron chi connectivity index (χ0n) is 35.3. The van der Waals surface area contributed by atoms with Crippen LogP contribution in [0, 0.1) is 34.5 Å². The number of rotatable bonds is 8. The summed E-state index contributed by atoms with van der Waals surface area (Å²) in [7, 11) is 0. The lowest BCUT2D eigenvalue weighted by molar-refractivity contribution is -0.267. The average Bonchev–Trinajstić information content (AvgIpc) is 4.18. The highest BCUT2D eigenvalue weighted by Crippen LogP contribution is 2.67. The van der Waals surface area contributed by atoms with E-state index < -0.39 is 58.4 Å². The Hall–Kier alpha value is -5.39. The highest BCUT2D eigenvalue weighted by molar-refractivity contribution is 6.29. The molecule has 0 bridgehead atoms. The molecule has 14 nitrogen and oxygen atoms in total. The molecule has 4 aromatic heterocycles. The molecule has 4 fully saturated rings. The number of pyridine rings is 3. The average molecular weight is 909 g/mol. The summed E-state index contributed by atoms with van der Waals surface area (Å²) < 4.78 is 62.4. The summed E-state index contributed by atoms with van der Waals surface area (Å²) in [6.45, 7) is 6.06. The van der Waals surface area contributed by atoms with Gasteiger partial charge in [0.25, 0.3) is 0 Å². The molecule has 4 aromatic rings. The van der Waals surface area contributed by atoms with E-state index in [4.69, 9.17) is 30.2 Å². The van der Waals surface area contributed by atoms with Crippen molar-refractivity contribution < 1.29 is 56.4 Å². The van der Waals surface area contributed by atoms with Gasteiger partial charge in [-0.15, -0.1) is 0 Å². The predicted octanol–water partition coefficient (Wildman–Crippen LogP) is 6.54. The van der Waals surface area contributed by atoms with Crippen LogP contribution in [0.15, 0.2) is 87.5 Å². The van der Waals surface area contributed by atoms with Crippen LogP contribution in [0.5, 0.6) is 5.75 Å². The largest absolute Gasteiger partial charge is 0.484 e. The molecule has 64 heavy (non-hydrogen) atoms. The number of alkyl halides is 3. The quantitative estimate of drug-likeness (QED) is 0.144. The van der Waals surface area contributed by atoms with Crippen molar-refractivity contribution in [2.75, 3.05) is 6.61 Å². The summed E-state index contributed by atoms with van der Waals surface area (Å²) in [6.07, 6.45) is 2.92. The lowest BCUT2D eigenvalue weighted by atomic mass is 9.42. The Morgan fingerprint density at radius 3 is 2.38 bits per heavy atom. The summed E-state index contributed by atoms with van der Waals surface area (Å²) in [5, 5.41) is 24.2. The summed E-state index contributed by atoms with van der Waals surface area (Å²) in [5.41, 5.74) is -2.23. The number of ether oxygens (including phenoxy) is 3. The van der Waals surface area contributed by atoms with E-state index in [0.29, 0.717) is 29.1 Å². The lowest BCUT2D eigenvalue weighted by Gasteiger charge is -2.66. The summed E-state index contributed by atoms with van der Waals surface area (Å²) in [6, 6.07) is 12.8. The second kappa shape index (κ2) is 17.2. The van der Waals surface area contributed by atoms with Gasteiger partial charge in [-0.1, -0.05) is 37.6 Å². The highest BCUT2D eigenvalue weighted by Gasteiger charge is 2.70. The zero-order chi connectivity index (χ0) is 45.8. The van der Waals surface area contributed by atoms with Crippen molar-refractivity contribution in [1.82, 2.24) is 14.5 Å². The molecule has 340 valence electrons. The smallest absolute Gasteiger partial charge is 0.473 e. The number of amides is 1. The van der Waals surface area contributed by atoms with Gasteiger partial charge in [-0.3, -0.25) is 19.4 Å². The van der Waals surface area contributed by atoms with E-state index in [1.807, 2.05) is 6.92 Å². The molecule has 9 rings (SSSR count). The number of hydrogen-bond donors (Lipinski definition) is 2. The topological polar surface area (TPSA) is 193 Å². The van der Waals surface area contributed by atoms with Crippen LogP contribution in [-0.4, -0.2) is 73.2 Å². The van der Waals surface area contributed by atoms with Gasteiger partial charge in [-0.05, 0) is 99.1 Å². The lowest BCUT2D eigenvalue weighted by Crippen LogP contribution is -2.71. The molecule has 5 heterocycles. The first-order chi connectivity index (χ1) is 30.3. The fourth-order valence-corrected chi connectivity index (χ4v) is 10.1. The van der Waals surface area contributed by atoms with Crippen molar-refractivity contribution in [2.24, 2.45) is 39.5 Å². The Morgan fingerprint density at radius 2 is 1.72 bits per heavy atom. The minimum Gasteiger partial charge on any atom is -0.484 e. The maximum atomic E-state index is 13.4. The van der Waals surface area contributed by atoms with E-state index in [9.17, 15) is 42.6 Å². The van der Waals surface area contributed by atoms with Gasteiger partial charge in [-0.25, -0.2) is 9.78 Å². The third-order valence-corrected chi connectivity index (χ3v) is 13.9. The third-order valence-electron chi connectivity index (χ3n) is 13.7. The van der Waals surface area contributed by atoms with Crippen molar-refractivity contribution >= 4 is 29.4 Å². The standard InChI is InChI=1S/C33H39NO9.C13H9ClF3N3O/c1-31-11-10-24(42-29(38)18-8-9-18)32(2,16-40-28(37)17-6-7-17)22(31)14-23(35)33(3)27(31)26(36)25-21(43-33)13-20(41-30(25)39)19-5-4-12-34-15-19;14-10-5-4-9(7-18-10)8-20-6-2-1-3-11(20)19-12(21)13(15,16)17/h4-5,12-13,15,17-18,22-24,26-27,35-36H,6-11,14,16H2,1-3H3;1-7H,8H2/t22-,23+,24+,26+,27-,31+,32+,33-;/m1./s1. The highest BCUT2D eigenvalue weighted by atomic mass is 35.5. The van der Waals surface area contributed by atoms with Gasteiger partial charge >= 0.3 is 29.6 Å². The third kappa shape index (κ3) is 8.85. The SMILES string of the molecule is C[C@]1(COC(=O)C2CC2)[C@@H]2C[C@H](O)[C@@]3(C)Oc4cc(-c5cccnc5)oc(=O)c4[C@H](O)[C@@H]3[C@@]2(C)CC[C@@H]1OC(=O)C1CC1.O=C(N=c1ccccn1Cc1ccc(Cl)nc1)C(F)(F)F. The van der Waals surface area contributed by atoms with Gasteiger partial charge in [-0.2, -0.15) is 18.2 Å². The molecule has 0 unspecified atom stereocenters. The van der Waals surface area contributed by atoms with Crippen LogP contribution in [0.3, 0.4) is 0 Å². The molecule has 0 radical (unpaired) electrons. The van der Waals surface area contributed by atoms with Gasteiger partial charge in [0.1, 0.15) is 46.0 Å². The molecule has 0 saturated heterocycles. The van der Waals surface area contributed by atoms with Crippen molar-refractivity contribution in [1.29, 1.82) is 0 Å². The number of fused-ring (bicyclic) bond motifs is 4. The number of aliphatic hydroxyl groups is 2.